The molecule has 3 aromatic rings. The lowest BCUT2D eigenvalue weighted by Crippen LogP contribution is -2.49. The van der Waals surface area contributed by atoms with Crippen molar-refractivity contribution in [2.24, 2.45) is 5.92 Å². The van der Waals surface area contributed by atoms with E-state index in [-0.39, 0.29) is 43.3 Å². The average Bonchev–Trinajstić information content (AvgIpc) is 3.81. The maximum Gasteiger partial charge on any atom is 0.323 e. The molecule has 51 heavy (non-hydrogen) atoms. The van der Waals surface area contributed by atoms with Crippen LogP contribution in [0.5, 0.6) is 0 Å². The topological polar surface area (TPSA) is 160 Å². The molecule has 2 unspecified atom stereocenters. The van der Waals surface area contributed by atoms with Gasteiger partial charge in [-0.1, -0.05) is 0 Å². The SMILES string of the molecule is O=C(Nc1ccc(C(=O)N2CCN(CC3CC3)CC2)cc1)Nc1ccc(-c2nc(N3C4CCC3COC4)nc(N3[C@H](CO)CC[C@@H]3CO)n2)cc1. The molecule has 3 amide bonds. The zero-order valence-corrected chi connectivity index (χ0v) is 28.9. The summed E-state index contributed by atoms with van der Waals surface area (Å²) in [4.78, 5) is 49.3. The van der Waals surface area contributed by atoms with Crippen LogP contribution in [-0.4, -0.2) is 130 Å². The molecule has 5 aliphatic rings. The van der Waals surface area contributed by atoms with Gasteiger partial charge >= 0.3 is 6.03 Å². The van der Waals surface area contributed by atoms with Crippen molar-refractivity contribution in [1.82, 2.24) is 24.8 Å². The van der Waals surface area contributed by atoms with Crippen molar-refractivity contribution in [2.75, 3.05) is 79.6 Å². The minimum Gasteiger partial charge on any atom is -0.394 e. The van der Waals surface area contributed by atoms with E-state index in [4.69, 9.17) is 19.7 Å². The highest BCUT2D eigenvalue weighted by atomic mass is 16.5. The smallest absolute Gasteiger partial charge is 0.323 e. The van der Waals surface area contributed by atoms with Crippen LogP contribution in [0.4, 0.5) is 28.1 Å². The van der Waals surface area contributed by atoms with Crippen molar-refractivity contribution in [2.45, 2.75) is 62.7 Å². The van der Waals surface area contributed by atoms with Gasteiger partial charge in [-0.25, -0.2) is 4.79 Å². The quantitative estimate of drug-likeness (QED) is 0.247. The summed E-state index contributed by atoms with van der Waals surface area (Å²) in [6.07, 6.45) is 6.16. The van der Waals surface area contributed by atoms with Crippen LogP contribution in [0.3, 0.4) is 0 Å². The van der Waals surface area contributed by atoms with Gasteiger partial charge in [0.25, 0.3) is 5.91 Å². The van der Waals surface area contributed by atoms with Crippen molar-refractivity contribution in [3.8, 4) is 11.4 Å². The fourth-order valence-electron chi connectivity index (χ4n) is 7.99. The number of aromatic nitrogens is 3. The number of anilines is 4. The van der Waals surface area contributed by atoms with Crippen LogP contribution in [-0.2, 0) is 4.74 Å². The van der Waals surface area contributed by atoms with Gasteiger partial charge in [-0.2, -0.15) is 15.0 Å². The van der Waals surface area contributed by atoms with E-state index in [1.807, 2.05) is 21.9 Å². The van der Waals surface area contributed by atoms with Crippen molar-refractivity contribution in [1.29, 1.82) is 0 Å². The fourth-order valence-corrected chi connectivity index (χ4v) is 7.99. The maximum atomic E-state index is 13.1. The Hall–Kier alpha value is -4.37. The largest absolute Gasteiger partial charge is 0.394 e. The number of nitrogens with zero attached hydrogens (tertiary/aromatic N) is 7. The number of hydrogen-bond donors (Lipinski definition) is 4. The van der Waals surface area contributed by atoms with Gasteiger partial charge in [0, 0.05) is 55.2 Å². The number of ether oxygens (including phenoxy) is 1. The molecule has 0 spiro atoms. The predicted octanol–water partition coefficient (Wildman–Crippen LogP) is 3.04. The number of amides is 3. The van der Waals surface area contributed by atoms with Gasteiger partial charge in [0.1, 0.15) is 0 Å². The van der Waals surface area contributed by atoms with Crippen LogP contribution in [0.25, 0.3) is 11.4 Å². The van der Waals surface area contributed by atoms with Gasteiger partial charge in [0.15, 0.2) is 5.82 Å². The van der Waals surface area contributed by atoms with E-state index in [9.17, 15) is 19.8 Å². The van der Waals surface area contributed by atoms with Gasteiger partial charge in [0.2, 0.25) is 11.9 Å². The Morgan fingerprint density at radius 3 is 1.84 bits per heavy atom. The number of rotatable bonds is 10. The van der Waals surface area contributed by atoms with Crippen LogP contribution >= 0.6 is 0 Å². The third-order valence-corrected chi connectivity index (χ3v) is 11.0. The lowest BCUT2D eigenvalue weighted by molar-refractivity contribution is 0.0632. The molecule has 0 radical (unpaired) electrons. The number of fused-ring (bicyclic) bond motifs is 2. The molecule has 14 heteroatoms. The zero-order valence-electron chi connectivity index (χ0n) is 28.9. The molecule has 4 N–H and O–H groups in total. The highest BCUT2D eigenvalue weighted by Crippen LogP contribution is 2.36. The summed E-state index contributed by atoms with van der Waals surface area (Å²) in [6, 6.07) is 13.9. The third-order valence-electron chi connectivity index (χ3n) is 11.0. The van der Waals surface area contributed by atoms with Gasteiger partial charge in [0.05, 0.1) is 50.6 Å². The number of aliphatic hydroxyl groups excluding tert-OH is 2. The molecule has 1 saturated carbocycles. The molecule has 5 heterocycles. The third kappa shape index (κ3) is 7.36. The molecule has 4 atom stereocenters. The normalized spacial score (nSPS) is 24.9. The summed E-state index contributed by atoms with van der Waals surface area (Å²) < 4.78 is 5.81. The number of benzene rings is 2. The number of urea groups is 1. The maximum absolute atomic E-state index is 13.1. The van der Waals surface area contributed by atoms with Crippen LogP contribution in [0.1, 0.15) is 48.9 Å². The molecule has 1 aromatic heterocycles. The second kappa shape index (κ2) is 14.7. The predicted molar refractivity (Wildman–Crippen MR) is 193 cm³/mol. The number of nitrogens with one attached hydrogen (secondary N) is 2. The standard InChI is InChI=1S/C37H47N9O5/c47-20-29-11-12-30(21-48)45(29)35-40-33(41-36(42-35)46-31-13-14-32(46)23-51-22-31)25-3-7-27(8-4-25)38-37(50)39-28-9-5-26(6-10-28)34(49)44-17-15-43(16-18-44)19-24-1-2-24/h3-10,24,29-32,47-48H,1-2,11-23H2,(H2,38,39,50)/t29-,30+,31?,32?. The number of carbonyl (C=O) groups excluding carboxylic acids is 2. The Kier molecular flexibility index (Phi) is 9.73. The molecular formula is C37H47N9O5. The highest BCUT2D eigenvalue weighted by molar-refractivity contribution is 6.00. The number of hydrogen-bond acceptors (Lipinski definition) is 11. The fraction of sp³-hybridized carbons (Fsp3) is 0.541. The average molecular weight is 698 g/mol. The van der Waals surface area contributed by atoms with Crippen molar-refractivity contribution in [3.63, 3.8) is 0 Å². The Balaban J connectivity index is 0.928. The number of morpholine rings is 1. The molecule has 4 aliphatic heterocycles. The van der Waals surface area contributed by atoms with E-state index in [0.717, 1.165) is 69.9 Å². The van der Waals surface area contributed by atoms with Gasteiger partial charge < -0.3 is 40.3 Å². The summed E-state index contributed by atoms with van der Waals surface area (Å²) in [6.45, 7) is 5.61. The second-order valence-corrected chi connectivity index (χ2v) is 14.5. The molecule has 1 aliphatic carbocycles. The van der Waals surface area contributed by atoms with E-state index in [1.165, 1.54) is 12.8 Å². The first kappa shape index (κ1) is 33.8. The monoisotopic (exact) mass is 697 g/mol. The van der Waals surface area contributed by atoms with E-state index < -0.39 is 6.03 Å². The first-order valence-corrected chi connectivity index (χ1v) is 18.4. The van der Waals surface area contributed by atoms with Crippen LogP contribution in [0.2, 0.25) is 0 Å². The molecule has 14 nitrogen and oxygen atoms in total. The summed E-state index contributed by atoms with van der Waals surface area (Å²) in [5.41, 5.74) is 2.53. The summed E-state index contributed by atoms with van der Waals surface area (Å²) in [5, 5.41) is 26.0. The van der Waals surface area contributed by atoms with E-state index in [0.29, 0.717) is 47.9 Å². The van der Waals surface area contributed by atoms with Crippen LogP contribution < -0.4 is 20.4 Å². The summed E-state index contributed by atoms with van der Waals surface area (Å²) in [7, 11) is 0. The lowest BCUT2D eigenvalue weighted by atomic mass is 10.1. The van der Waals surface area contributed by atoms with Gasteiger partial charge in [-0.3, -0.25) is 9.69 Å². The molecule has 2 aromatic carbocycles. The Morgan fingerprint density at radius 2 is 1.27 bits per heavy atom. The lowest BCUT2D eigenvalue weighted by Gasteiger charge is -2.36. The minimum atomic E-state index is -0.403. The van der Waals surface area contributed by atoms with Gasteiger partial charge in [-0.15, -0.1) is 0 Å². The van der Waals surface area contributed by atoms with E-state index in [2.05, 4.69) is 20.4 Å². The number of piperazine rings is 1. The molecular weight excluding hydrogens is 650 g/mol. The molecule has 270 valence electrons. The molecule has 4 saturated heterocycles. The number of aliphatic hydroxyl groups is 2. The first-order chi connectivity index (χ1) is 24.9. The first-order valence-electron chi connectivity index (χ1n) is 18.4. The van der Waals surface area contributed by atoms with Crippen LogP contribution in [0.15, 0.2) is 48.5 Å². The molecule has 8 rings (SSSR count). The Labute approximate surface area is 297 Å². The Morgan fingerprint density at radius 1 is 0.706 bits per heavy atom. The summed E-state index contributed by atoms with van der Waals surface area (Å²) in [5.74, 6) is 2.37. The summed E-state index contributed by atoms with van der Waals surface area (Å²) >= 11 is 0. The van der Waals surface area contributed by atoms with Crippen LogP contribution in [0, 0.1) is 5.92 Å². The molecule has 5 fully saturated rings. The highest BCUT2D eigenvalue weighted by Gasteiger charge is 2.41. The number of carbonyl (C=O) groups is 2. The van der Waals surface area contributed by atoms with Crippen molar-refractivity contribution >= 4 is 35.2 Å². The minimum absolute atomic E-state index is 0.0220. The van der Waals surface area contributed by atoms with E-state index >= 15 is 0 Å². The Bertz CT molecular complexity index is 1670. The van der Waals surface area contributed by atoms with Gasteiger partial charge in [-0.05, 0) is 93.0 Å². The molecule has 2 bridgehead atoms. The van der Waals surface area contributed by atoms with E-state index in [1.54, 1.807) is 36.4 Å². The van der Waals surface area contributed by atoms with Crippen molar-refractivity contribution < 1.29 is 24.5 Å². The van der Waals surface area contributed by atoms with Crippen molar-refractivity contribution in [3.05, 3.63) is 54.1 Å². The second-order valence-electron chi connectivity index (χ2n) is 14.5. The zero-order chi connectivity index (χ0) is 34.9.